The average molecular weight is 265 g/mol. The fourth-order valence-electron chi connectivity index (χ4n) is 2.01. The minimum absolute atomic E-state index is 0.376. The van der Waals surface area contributed by atoms with Crippen LogP contribution in [0, 0.1) is 13.8 Å². The first-order chi connectivity index (χ1) is 8.24. The summed E-state index contributed by atoms with van der Waals surface area (Å²) in [5, 5.41) is 8.05. The van der Waals surface area contributed by atoms with Gasteiger partial charge in [-0.3, -0.25) is 0 Å². The highest BCUT2D eigenvalue weighted by Crippen LogP contribution is 2.33. The molecule has 2 aromatic heterocycles. The lowest BCUT2D eigenvalue weighted by molar-refractivity contribution is 0.603. The van der Waals surface area contributed by atoms with Gasteiger partial charge in [0, 0.05) is 9.75 Å². The first-order valence-electron chi connectivity index (χ1n) is 6.05. The summed E-state index contributed by atoms with van der Waals surface area (Å²) < 4.78 is 0. The molecule has 0 spiro atoms. The maximum atomic E-state index is 3.67. The van der Waals surface area contributed by atoms with Gasteiger partial charge in [0.2, 0.25) is 0 Å². The SMILES string of the molecule is CCCNC(c1ccsc1C)c1sccc1C. The van der Waals surface area contributed by atoms with Crippen LogP contribution in [-0.4, -0.2) is 6.54 Å². The standard InChI is InChI=1S/C14H19NS2/c1-4-7-15-13(12-6-9-16-11(12)3)14-10(2)5-8-17-14/h5-6,8-9,13,15H,4,7H2,1-3H3. The molecule has 2 aromatic rings. The third-order valence-electron chi connectivity index (χ3n) is 2.97. The predicted molar refractivity (Wildman–Crippen MR) is 78.2 cm³/mol. The smallest absolute Gasteiger partial charge is 0.0684 e. The Kier molecular flexibility index (Phi) is 4.37. The van der Waals surface area contributed by atoms with E-state index >= 15 is 0 Å². The van der Waals surface area contributed by atoms with Gasteiger partial charge in [-0.1, -0.05) is 6.92 Å². The van der Waals surface area contributed by atoms with Gasteiger partial charge >= 0.3 is 0 Å². The molecule has 17 heavy (non-hydrogen) atoms. The molecule has 2 rings (SSSR count). The van der Waals surface area contributed by atoms with Gasteiger partial charge in [-0.25, -0.2) is 0 Å². The van der Waals surface area contributed by atoms with Gasteiger partial charge in [-0.05, 0) is 60.8 Å². The topological polar surface area (TPSA) is 12.0 Å². The van der Waals surface area contributed by atoms with Crippen molar-refractivity contribution in [3.8, 4) is 0 Å². The van der Waals surface area contributed by atoms with Crippen molar-refractivity contribution in [1.82, 2.24) is 5.32 Å². The predicted octanol–water partition coefficient (Wildman–Crippen LogP) is 4.52. The molecule has 0 aliphatic rings. The molecule has 0 saturated heterocycles. The Balaban J connectivity index is 2.32. The summed E-state index contributed by atoms with van der Waals surface area (Å²) in [5.74, 6) is 0. The van der Waals surface area contributed by atoms with Gasteiger partial charge < -0.3 is 5.32 Å². The largest absolute Gasteiger partial charge is 0.306 e. The molecule has 0 aromatic carbocycles. The molecule has 0 aliphatic heterocycles. The highest BCUT2D eigenvalue weighted by atomic mass is 32.1. The van der Waals surface area contributed by atoms with Crippen molar-refractivity contribution < 1.29 is 0 Å². The summed E-state index contributed by atoms with van der Waals surface area (Å²) in [6.45, 7) is 7.70. The number of nitrogens with one attached hydrogen (secondary N) is 1. The van der Waals surface area contributed by atoms with E-state index in [4.69, 9.17) is 0 Å². The van der Waals surface area contributed by atoms with Gasteiger partial charge in [-0.15, -0.1) is 22.7 Å². The molecule has 1 atom stereocenters. The van der Waals surface area contributed by atoms with Crippen molar-refractivity contribution >= 4 is 22.7 Å². The average Bonchev–Trinajstić information content (AvgIpc) is 2.90. The molecule has 1 nitrogen and oxygen atoms in total. The quantitative estimate of drug-likeness (QED) is 0.838. The zero-order valence-corrected chi connectivity index (χ0v) is 12.3. The number of hydrogen-bond donors (Lipinski definition) is 1. The summed E-state index contributed by atoms with van der Waals surface area (Å²) >= 11 is 3.69. The van der Waals surface area contributed by atoms with E-state index in [0.29, 0.717) is 6.04 Å². The normalized spacial score (nSPS) is 12.9. The molecule has 3 heteroatoms. The van der Waals surface area contributed by atoms with Crippen LogP contribution < -0.4 is 5.32 Å². The van der Waals surface area contributed by atoms with Gasteiger partial charge in [-0.2, -0.15) is 0 Å². The molecule has 2 heterocycles. The van der Waals surface area contributed by atoms with E-state index in [1.54, 1.807) is 0 Å². The van der Waals surface area contributed by atoms with E-state index in [9.17, 15) is 0 Å². The van der Waals surface area contributed by atoms with Crippen molar-refractivity contribution in [3.05, 3.63) is 43.8 Å². The Morgan fingerprint density at radius 2 is 1.94 bits per heavy atom. The maximum absolute atomic E-state index is 3.67. The van der Waals surface area contributed by atoms with Crippen LogP contribution in [0.4, 0.5) is 0 Å². The summed E-state index contributed by atoms with van der Waals surface area (Å²) in [6, 6.07) is 4.84. The molecule has 0 radical (unpaired) electrons. The zero-order chi connectivity index (χ0) is 12.3. The Morgan fingerprint density at radius 1 is 1.18 bits per heavy atom. The second-order valence-electron chi connectivity index (χ2n) is 4.29. The van der Waals surface area contributed by atoms with Crippen LogP contribution in [0.25, 0.3) is 0 Å². The lowest BCUT2D eigenvalue weighted by Gasteiger charge is -2.18. The molecule has 1 unspecified atom stereocenters. The van der Waals surface area contributed by atoms with Gasteiger partial charge in [0.25, 0.3) is 0 Å². The Morgan fingerprint density at radius 3 is 2.47 bits per heavy atom. The maximum Gasteiger partial charge on any atom is 0.0684 e. The van der Waals surface area contributed by atoms with E-state index in [0.717, 1.165) is 6.54 Å². The molecule has 0 aliphatic carbocycles. The van der Waals surface area contributed by atoms with E-state index < -0.39 is 0 Å². The lowest BCUT2D eigenvalue weighted by atomic mass is 10.0. The summed E-state index contributed by atoms with van der Waals surface area (Å²) in [7, 11) is 0. The van der Waals surface area contributed by atoms with Crippen LogP contribution in [-0.2, 0) is 0 Å². The summed E-state index contributed by atoms with van der Waals surface area (Å²) in [4.78, 5) is 2.88. The summed E-state index contributed by atoms with van der Waals surface area (Å²) in [5.41, 5.74) is 2.84. The van der Waals surface area contributed by atoms with Gasteiger partial charge in [0.1, 0.15) is 0 Å². The first-order valence-corrected chi connectivity index (χ1v) is 7.81. The minimum atomic E-state index is 0.376. The minimum Gasteiger partial charge on any atom is -0.306 e. The fraction of sp³-hybridized carbons (Fsp3) is 0.429. The number of thiophene rings is 2. The Labute approximate surface area is 112 Å². The van der Waals surface area contributed by atoms with Crippen LogP contribution in [0.15, 0.2) is 22.9 Å². The number of hydrogen-bond acceptors (Lipinski definition) is 3. The van der Waals surface area contributed by atoms with Gasteiger partial charge in [0.15, 0.2) is 0 Å². The van der Waals surface area contributed by atoms with Crippen molar-refractivity contribution in [2.24, 2.45) is 0 Å². The fourth-order valence-corrected chi connectivity index (χ4v) is 3.77. The molecule has 0 amide bonds. The van der Waals surface area contributed by atoms with Crippen LogP contribution in [0.3, 0.4) is 0 Å². The van der Waals surface area contributed by atoms with Crippen LogP contribution >= 0.6 is 22.7 Å². The van der Waals surface area contributed by atoms with Crippen molar-refractivity contribution in [3.63, 3.8) is 0 Å². The second kappa shape index (κ2) is 5.80. The molecule has 0 fully saturated rings. The first kappa shape index (κ1) is 12.8. The van der Waals surface area contributed by atoms with Crippen LogP contribution in [0.2, 0.25) is 0 Å². The molecular weight excluding hydrogens is 246 g/mol. The third kappa shape index (κ3) is 2.79. The van der Waals surface area contributed by atoms with Crippen LogP contribution in [0.5, 0.6) is 0 Å². The van der Waals surface area contributed by atoms with Crippen molar-refractivity contribution in [2.75, 3.05) is 6.54 Å². The highest BCUT2D eigenvalue weighted by Gasteiger charge is 2.18. The molecule has 92 valence electrons. The van der Waals surface area contributed by atoms with E-state index in [1.165, 1.54) is 27.3 Å². The Hall–Kier alpha value is -0.640. The summed E-state index contributed by atoms with van der Waals surface area (Å²) in [6.07, 6.45) is 1.17. The van der Waals surface area contributed by atoms with E-state index in [1.807, 2.05) is 22.7 Å². The monoisotopic (exact) mass is 265 g/mol. The third-order valence-corrected chi connectivity index (χ3v) is 4.92. The van der Waals surface area contributed by atoms with Crippen molar-refractivity contribution in [2.45, 2.75) is 33.2 Å². The van der Waals surface area contributed by atoms with E-state index in [2.05, 4.69) is 49.0 Å². The van der Waals surface area contributed by atoms with E-state index in [-0.39, 0.29) is 0 Å². The molecular formula is C14H19NS2. The molecule has 0 saturated carbocycles. The van der Waals surface area contributed by atoms with Gasteiger partial charge in [0.05, 0.1) is 6.04 Å². The Bertz CT molecular complexity index is 430. The van der Waals surface area contributed by atoms with Crippen LogP contribution in [0.1, 0.15) is 40.3 Å². The highest BCUT2D eigenvalue weighted by molar-refractivity contribution is 7.10. The molecule has 1 N–H and O–H groups in total. The number of rotatable bonds is 5. The molecule has 0 bridgehead atoms. The second-order valence-corrected chi connectivity index (χ2v) is 6.36. The lowest BCUT2D eigenvalue weighted by Crippen LogP contribution is -2.23. The zero-order valence-electron chi connectivity index (χ0n) is 10.6. The van der Waals surface area contributed by atoms with Crippen molar-refractivity contribution in [1.29, 1.82) is 0 Å². The number of aryl methyl sites for hydroxylation is 2.